The van der Waals surface area contributed by atoms with Crippen LogP contribution in [0.4, 0.5) is 0 Å². The summed E-state index contributed by atoms with van der Waals surface area (Å²) < 4.78 is 31.4. The lowest BCUT2D eigenvalue weighted by Crippen LogP contribution is -2.24. The maximum absolute atomic E-state index is 11.8. The number of rotatable bonds is 7. The highest BCUT2D eigenvalue weighted by Gasteiger charge is 2.31. The van der Waals surface area contributed by atoms with Crippen LogP contribution in [-0.4, -0.2) is 54.8 Å². The molecule has 1 aromatic carbocycles. The zero-order valence-electron chi connectivity index (χ0n) is 16.6. The smallest absolute Gasteiger partial charge is 0.152 e. The molecule has 2 aromatic rings. The van der Waals surface area contributed by atoms with Gasteiger partial charge >= 0.3 is 0 Å². The third kappa shape index (κ3) is 4.71. The Morgan fingerprint density at radius 2 is 2.00 bits per heavy atom. The van der Waals surface area contributed by atoms with E-state index in [0.717, 1.165) is 35.8 Å². The van der Waals surface area contributed by atoms with Gasteiger partial charge in [-0.15, -0.1) is 0 Å². The van der Waals surface area contributed by atoms with E-state index in [1.165, 1.54) is 5.56 Å². The van der Waals surface area contributed by atoms with E-state index in [1.807, 2.05) is 49.7 Å². The number of likely N-dealkylation sites (N-methyl/N-ethyl adjacent to an activating group) is 1. The summed E-state index contributed by atoms with van der Waals surface area (Å²) in [6, 6.07) is 7.99. The summed E-state index contributed by atoms with van der Waals surface area (Å²) in [5, 5.41) is 4.64. The fourth-order valence-electron chi connectivity index (χ4n) is 3.63. The molecule has 1 fully saturated rings. The molecule has 0 spiro atoms. The van der Waals surface area contributed by atoms with E-state index in [-0.39, 0.29) is 17.5 Å². The monoisotopic (exact) mass is 391 g/mol. The fraction of sp³-hybridized carbons (Fsp3) is 0.550. The van der Waals surface area contributed by atoms with Gasteiger partial charge in [-0.3, -0.25) is 9.58 Å². The van der Waals surface area contributed by atoms with E-state index < -0.39 is 9.84 Å². The molecule has 7 heteroatoms. The molecule has 0 bridgehead atoms. The molecule has 0 amide bonds. The average Bonchev–Trinajstić information content (AvgIpc) is 3.10. The Balaban J connectivity index is 1.59. The third-order valence-corrected chi connectivity index (χ3v) is 7.03. The zero-order chi connectivity index (χ0) is 19.6. The zero-order valence-corrected chi connectivity index (χ0v) is 17.4. The molecule has 3 rings (SSSR count). The Labute approximate surface area is 162 Å². The number of hydrogen-bond donors (Lipinski definition) is 0. The van der Waals surface area contributed by atoms with Crippen LogP contribution in [0.5, 0.6) is 5.75 Å². The summed E-state index contributed by atoms with van der Waals surface area (Å²) >= 11 is 0. The van der Waals surface area contributed by atoms with Gasteiger partial charge in [0, 0.05) is 24.3 Å². The second-order valence-electron chi connectivity index (χ2n) is 7.50. The number of ether oxygens (including phenoxy) is 1. The van der Waals surface area contributed by atoms with Crippen molar-refractivity contribution in [3.63, 3.8) is 0 Å². The Bertz CT molecular complexity index is 905. The van der Waals surface area contributed by atoms with Crippen LogP contribution in [0.1, 0.15) is 35.0 Å². The molecule has 1 atom stereocenters. The highest BCUT2D eigenvalue weighted by molar-refractivity contribution is 7.91. The number of para-hydroxylation sites is 1. The minimum absolute atomic E-state index is 0.0304. The summed E-state index contributed by atoms with van der Waals surface area (Å²) in [7, 11) is -0.850. The molecule has 0 unspecified atom stereocenters. The minimum Gasteiger partial charge on any atom is -0.492 e. The van der Waals surface area contributed by atoms with Gasteiger partial charge in [-0.05, 0) is 45.9 Å². The molecule has 1 aromatic heterocycles. The van der Waals surface area contributed by atoms with Crippen molar-refractivity contribution < 1.29 is 13.2 Å². The SMILES string of the molecule is Cc1ccccc1OCCN(C)Cc1c(C)nn([C@H]2CCS(=O)(=O)C2)c1C. The molecule has 1 aliphatic heterocycles. The number of aromatic nitrogens is 2. The molecule has 1 aliphatic rings. The summed E-state index contributed by atoms with van der Waals surface area (Å²) in [4.78, 5) is 2.21. The summed E-state index contributed by atoms with van der Waals surface area (Å²) in [6.07, 6.45) is 0.657. The van der Waals surface area contributed by atoms with E-state index in [1.54, 1.807) is 0 Å². The molecule has 0 N–H and O–H groups in total. The Hall–Kier alpha value is -1.86. The van der Waals surface area contributed by atoms with E-state index >= 15 is 0 Å². The second kappa shape index (κ2) is 8.02. The maximum atomic E-state index is 11.8. The van der Waals surface area contributed by atoms with Crippen molar-refractivity contribution in [1.29, 1.82) is 0 Å². The Morgan fingerprint density at radius 3 is 2.67 bits per heavy atom. The van der Waals surface area contributed by atoms with Gasteiger partial charge in [-0.25, -0.2) is 8.42 Å². The fourth-order valence-corrected chi connectivity index (χ4v) is 5.32. The van der Waals surface area contributed by atoms with Crippen LogP contribution in [0.2, 0.25) is 0 Å². The molecule has 0 saturated carbocycles. The predicted molar refractivity (Wildman–Crippen MR) is 107 cm³/mol. The van der Waals surface area contributed by atoms with Gasteiger partial charge in [0.25, 0.3) is 0 Å². The second-order valence-corrected chi connectivity index (χ2v) is 9.73. The van der Waals surface area contributed by atoms with Crippen molar-refractivity contribution in [3.05, 3.63) is 46.8 Å². The third-order valence-electron chi connectivity index (χ3n) is 5.28. The first-order valence-corrected chi connectivity index (χ1v) is 11.2. The normalized spacial score (nSPS) is 18.9. The standard InChI is InChI=1S/C20H29N3O3S/c1-15-7-5-6-8-20(15)26-11-10-22(4)13-19-16(2)21-23(17(19)3)18-9-12-27(24,25)14-18/h5-8,18H,9-14H2,1-4H3/t18-/m0/s1. The van der Waals surface area contributed by atoms with Gasteiger partial charge in [0.1, 0.15) is 12.4 Å². The maximum Gasteiger partial charge on any atom is 0.152 e. The quantitative estimate of drug-likeness (QED) is 0.726. The van der Waals surface area contributed by atoms with Gasteiger partial charge in [0.2, 0.25) is 0 Å². The topological polar surface area (TPSA) is 64.4 Å². The van der Waals surface area contributed by atoms with Crippen molar-refractivity contribution >= 4 is 9.84 Å². The number of hydrogen-bond acceptors (Lipinski definition) is 5. The summed E-state index contributed by atoms with van der Waals surface area (Å²) in [5.74, 6) is 1.39. The van der Waals surface area contributed by atoms with E-state index in [2.05, 4.69) is 17.0 Å². The predicted octanol–water partition coefficient (Wildman–Crippen LogP) is 2.68. The highest BCUT2D eigenvalue weighted by atomic mass is 32.2. The average molecular weight is 392 g/mol. The molecular formula is C20H29N3O3S. The number of benzene rings is 1. The first-order chi connectivity index (χ1) is 12.8. The van der Waals surface area contributed by atoms with E-state index in [9.17, 15) is 8.42 Å². The lowest BCUT2D eigenvalue weighted by molar-refractivity contribution is 0.231. The van der Waals surface area contributed by atoms with E-state index in [0.29, 0.717) is 13.0 Å². The van der Waals surface area contributed by atoms with Gasteiger partial charge in [0.05, 0.1) is 23.2 Å². The molecule has 6 nitrogen and oxygen atoms in total. The van der Waals surface area contributed by atoms with Crippen molar-refractivity contribution in [2.24, 2.45) is 0 Å². The lowest BCUT2D eigenvalue weighted by Gasteiger charge is -2.18. The van der Waals surface area contributed by atoms with Crippen molar-refractivity contribution in [2.75, 3.05) is 31.7 Å². The summed E-state index contributed by atoms with van der Waals surface area (Å²) in [5.41, 5.74) is 4.36. The summed E-state index contributed by atoms with van der Waals surface area (Å²) in [6.45, 7) is 8.28. The van der Waals surface area contributed by atoms with Crippen LogP contribution >= 0.6 is 0 Å². The molecule has 148 valence electrons. The Morgan fingerprint density at radius 1 is 1.26 bits per heavy atom. The molecular weight excluding hydrogens is 362 g/mol. The van der Waals surface area contributed by atoms with Crippen LogP contribution in [-0.2, 0) is 16.4 Å². The van der Waals surface area contributed by atoms with Crippen LogP contribution in [0.25, 0.3) is 0 Å². The number of nitrogens with zero attached hydrogens (tertiary/aromatic N) is 3. The highest BCUT2D eigenvalue weighted by Crippen LogP contribution is 2.27. The van der Waals surface area contributed by atoms with Crippen molar-refractivity contribution in [3.8, 4) is 5.75 Å². The molecule has 0 radical (unpaired) electrons. The van der Waals surface area contributed by atoms with Gasteiger partial charge in [0.15, 0.2) is 9.84 Å². The molecule has 27 heavy (non-hydrogen) atoms. The van der Waals surface area contributed by atoms with Crippen molar-refractivity contribution in [1.82, 2.24) is 14.7 Å². The van der Waals surface area contributed by atoms with Crippen LogP contribution in [0.3, 0.4) is 0 Å². The minimum atomic E-state index is -2.92. The van der Waals surface area contributed by atoms with E-state index in [4.69, 9.17) is 4.74 Å². The number of sulfone groups is 1. The van der Waals surface area contributed by atoms with Gasteiger partial charge in [-0.2, -0.15) is 5.10 Å². The number of aryl methyl sites for hydroxylation is 2. The molecule has 1 saturated heterocycles. The van der Waals surface area contributed by atoms with Gasteiger partial charge < -0.3 is 4.74 Å². The van der Waals surface area contributed by atoms with Crippen molar-refractivity contribution in [2.45, 2.75) is 39.8 Å². The molecule has 0 aliphatic carbocycles. The van der Waals surface area contributed by atoms with Crippen LogP contribution < -0.4 is 4.74 Å². The van der Waals surface area contributed by atoms with Crippen LogP contribution in [0.15, 0.2) is 24.3 Å². The first-order valence-electron chi connectivity index (χ1n) is 9.39. The largest absolute Gasteiger partial charge is 0.492 e. The first kappa shape index (κ1) is 19.9. The van der Waals surface area contributed by atoms with Crippen LogP contribution in [0, 0.1) is 20.8 Å². The lowest BCUT2D eigenvalue weighted by atomic mass is 10.1. The molecule has 2 heterocycles. The van der Waals surface area contributed by atoms with Gasteiger partial charge in [-0.1, -0.05) is 18.2 Å². The Kier molecular flexibility index (Phi) is 5.91.